The van der Waals surface area contributed by atoms with Crippen molar-refractivity contribution in [2.45, 2.75) is 0 Å². The number of hydrogen-bond acceptors (Lipinski definition) is 2. The number of halogens is 1. The van der Waals surface area contributed by atoms with Gasteiger partial charge in [0.2, 0.25) is 0 Å². The molecule has 0 bridgehead atoms. The zero-order valence-electron chi connectivity index (χ0n) is 6.04. The maximum absolute atomic E-state index is 12.8. The minimum absolute atomic E-state index is 0.231. The van der Waals surface area contributed by atoms with E-state index < -0.39 is 5.82 Å². The highest BCUT2D eigenvalue weighted by atomic mass is 19.1. The molecule has 2 aromatic rings. The van der Waals surface area contributed by atoms with E-state index in [1.165, 1.54) is 12.3 Å². The van der Waals surface area contributed by atoms with Gasteiger partial charge in [-0.25, -0.2) is 4.39 Å². The lowest BCUT2D eigenvalue weighted by Crippen LogP contribution is -1.78. The standard InChI is InChI=1S/C9H4FNO/c10-8-3-6-1-2-12-9(6)7(4-8)5-11/h1-4H. The molecule has 2 rings (SSSR count). The van der Waals surface area contributed by atoms with Crippen molar-refractivity contribution in [3.8, 4) is 6.07 Å². The molecule has 0 amide bonds. The van der Waals surface area contributed by atoms with Crippen LogP contribution in [0.5, 0.6) is 0 Å². The molecular weight excluding hydrogens is 157 g/mol. The Bertz CT molecular complexity index is 467. The first-order valence-electron chi connectivity index (χ1n) is 3.38. The Kier molecular flexibility index (Phi) is 1.34. The van der Waals surface area contributed by atoms with Gasteiger partial charge in [-0.05, 0) is 18.2 Å². The molecule has 0 unspecified atom stereocenters. The van der Waals surface area contributed by atoms with E-state index in [2.05, 4.69) is 0 Å². The number of nitrogens with zero attached hydrogens (tertiary/aromatic N) is 1. The highest BCUT2D eigenvalue weighted by Crippen LogP contribution is 2.20. The van der Waals surface area contributed by atoms with Crippen molar-refractivity contribution in [2.75, 3.05) is 0 Å². The summed E-state index contributed by atoms with van der Waals surface area (Å²) < 4.78 is 17.8. The molecule has 0 aliphatic carbocycles. The number of hydrogen-bond donors (Lipinski definition) is 0. The fourth-order valence-corrected chi connectivity index (χ4v) is 1.13. The highest BCUT2D eigenvalue weighted by Gasteiger charge is 2.05. The first-order chi connectivity index (χ1) is 5.81. The molecule has 0 saturated heterocycles. The van der Waals surface area contributed by atoms with E-state index in [4.69, 9.17) is 9.68 Å². The molecule has 1 aromatic heterocycles. The predicted molar refractivity (Wildman–Crippen MR) is 40.9 cm³/mol. The van der Waals surface area contributed by atoms with E-state index in [0.29, 0.717) is 11.0 Å². The van der Waals surface area contributed by atoms with Crippen molar-refractivity contribution in [2.24, 2.45) is 0 Å². The molecule has 1 aromatic carbocycles. The van der Waals surface area contributed by atoms with Crippen molar-refractivity contribution in [1.82, 2.24) is 0 Å². The summed E-state index contributed by atoms with van der Waals surface area (Å²) in [5.74, 6) is -0.416. The third-order valence-electron chi connectivity index (χ3n) is 1.64. The zero-order chi connectivity index (χ0) is 8.55. The summed E-state index contributed by atoms with van der Waals surface area (Å²) in [6.07, 6.45) is 1.44. The fraction of sp³-hybridized carbons (Fsp3) is 0. The van der Waals surface area contributed by atoms with Crippen LogP contribution in [0.25, 0.3) is 11.0 Å². The summed E-state index contributed by atoms with van der Waals surface area (Å²) in [6.45, 7) is 0. The van der Waals surface area contributed by atoms with Crippen molar-refractivity contribution < 1.29 is 8.81 Å². The average Bonchev–Trinajstić information content (AvgIpc) is 2.50. The molecule has 1 heterocycles. The number of nitriles is 1. The highest BCUT2D eigenvalue weighted by molar-refractivity contribution is 5.82. The molecule has 0 spiro atoms. The molecule has 0 N–H and O–H groups in total. The topological polar surface area (TPSA) is 36.9 Å². The summed E-state index contributed by atoms with van der Waals surface area (Å²) in [4.78, 5) is 0. The van der Waals surface area contributed by atoms with Gasteiger partial charge in [0.05, 0.1) is 11.8 Å². The van der Waals surface area contributed by atoms with Crippen molar-refractivity contribution in [3.63, 3.8) is 0 Å². The number of benzene rings is 1. The smallest absolute Gasteiger partial charge is 0.151 e. The normalized spacial score (nSPS) is 10.0. The Hall–Kier alpha value is -1.82. The lowest BCUT2D eigenvalue weighted by atomic mass is 10.2. The van der Waals surface area contributed by atoms with Gasteiger partial charge in [-0.1, -0.05) is 0 Å². The van der Waals surface area contributed by atoms with Gasteiger partial charge in [0.25, 0.3) is 0 Å². The van der Waals surface area contributed by atoms with E-state index in [-0.39, 0.29) is 5.56 Å². The number of rotatable bonds is 0. The van der Waals surface area contributed by atoms with Crippen LogP contribution >= 0.6 is 0 Å². The van der Waals surface area contributed by atoms with Crippen molar-refractivity contribution in [1.29, 1.82) is 5.26 Å². The zero-order valence-corrected chi connectivity index (χ0v) is 6.04. The first-order valence-corrected chi connectivity index (χ1v) is 3.38. The van der Waals surface area contributed by atoms with E-state index >= 15 is 0 Å². The summed E-state index contributed by atoms with van der Waals surface area (Å²) >= 11 is 0. The maximum atomic E-state index is 12.8. The van der Waals surface area contributed by atoms with Gasteiger partial charge >= 0.3 is 0 Å². The van der Waals surface area contributed by atoms with Crippen LogP contribution in [0, 0.1) is 17.1 Å². The second-order valence-electron chi connectivity index (χ2n) is 2.40. The summed E-state index contributed by atoms with van der Waals surface area (Å²) in [6, 6.07) is 5.98. The molecule has 0 atom stereocenters. The molecule has 0 aliphatic rings. The summed E-state index contributed by atoms with van der Waals surface area (Å²) in [5, 5.41) is 9.22. The Labute approximate surface area is 67.8 Å². The lowest BCUT2D eigenvalue weighted by molar-refractivity contribution is 0.608. The molecule has 3 heteroatoms. The first kappa shape index (κ1) is 6.86. The molecule has 58 valence electrons. The van der Waals surface area contributed by atoms with Gasteiger partial charge in [0.1, 0.15) is 11.9 Å². The average molecular weight is 161 g/mol. The maximum Gasteiger partial charge on any atom is 0.151 e. The fourth-order valence-electron chi connectivity index (χ4n) is 1.13. The van der Waals surface area contributed by atoms with Crippen LogP contribution in [0.2, 0.25) is 0 Å². The molecule has 2 nitrogen and oxygen atoms in total. The predicted octanol–water partition coefficient (Wildman–Crippen LogP) is 2.44. The Morgan fingerprint density at radius 2 is 2.25 bits per heavy atom. The third kappa shape index (κ3) is 0.857. The summed E-state index contributed by atoms with van der Waals surface area (Å²) in [7, 11) is 0. The second-order valence-corrected chi connectivity index (χ2v) is 2.40. The minimum atomic E-state index is -0.416. The molecular formula is C9H4FNO. The molecule has 0 radical (unpaired) electrons. The Morgan fingerprint density at radius 1 is 1.42 bits per heavy atom. The second kappa shape index (κ2) is 2.35. The monoisotopic (exact) mass is 161 g/mol. The van der Waals surface area contributed by atoms with Gasteiger partial charge in [0, 0.05) is 5.39 Å². The van der Waals surface area contributed by atoms with Crippen LogP contribution < -0.4 is 0 Å². The SMILES string of the molecule is N#Cc1cc(F)cc2ccoc12. The van der Waals surface area contributed by atoms with Gasteiger partial charge in [-0.15, -0.1) is 0 Å². The van der Waals surface area contributed by atoms with Gasteiger partial charge < -0.3 is 4.42 Å². The number of fused-ring (bicyclic) bond motifs is 1. The van der Waals surface area contributed by atoms with Crippen molar-refractivity contribution >= 4 is 11.0 Å². The van der Waals surface area contributed by atoms with E-state index in [9.17, 15) is 4.39 Å². The minimum Gasteiger partial charge on any atom is -0.463 e. The third-order valence-corrected chi connectivity index (χ3v) is 1.64. The quantitative estimate of drug-likeness (QED) is 0.595. The summed E-state index contributed by atoms with van der Waals surface area (Å²) in [5.41, 5.74) is 0.675. The van der Waals surface area contributed by atoms with Crippen LogP contribution in [0.1, 0.15) is 5.56 Å². The molecule has 12 heavy (non-hydrogen) atoms. The Morgan fingerprint density at radius 3 is 3.00 bits per heavy atom. The lowest BCUT2D eigenvalue weighted by Gasteiger charge is -1.91. The van der Waals surface area contributed by atoms with E-state index in [0.717, 1.165) is 6.07 Å². The van der Waals surface area contributed by atoms with Crippen LogP contribution in [0.4, 0.5) is 4.39 Å². The van der Waals surface area contributed by atoms with Gasteiger partial charge in [-0.2, -0.15) is 5.26 Å². The van der Waals surface area contributed by atoms with Crippen LogP contribution in [-0.2, 0) is 0 Å². The number of furan rings is 1. The van der Waals surface area contributed by atoms with Crippen molar-refractivity contribution in [3.05, 3.63) is 35.8 Å². The molecule has 0 fully saturated rings. The largest absolute Gasteiger partial charge is 0.463 e. The van der Waals surface area contributed by atoms with E-state index in [1.807, 2.05) is 6.07 Å². The molecule has 0 saturated carbocycles. The van der Waals surface area contributed by atoms with Crippen LogP contribution in [0.15, 0.2) is 28.9 Å². The molecule has 0 aliphatic heterocycles. The van der Waals surface area contributed by atoms with Crippen LogP contribution in [-0.4, -0.2) is 0 Å². The van der Waals surface area contributed by atoms with Gasteiger partial charge in [0.15, 0.2) is 5.58 Å². The Balaban J connectivity index is 2.91. The van der Waals surface area contributed by atoms with E-state index in [1.54, 1.807) is 6.07 Å². The van der Waals surface area contributed by atoms with Gasteiger partial charge in [-0.3, -0.25) is 0 Å². The van der Waals surface area contributed by atoms with Crippen LogP contribution in [0.3, 0.4) is 0 Å².